The average molecular weight is 259 g/mol. The number of nitrogens with one attached hydrogen (secondary N) is 1. The molecule has 5 nitrogen and oxygen atoms in total. The average Bonchev–Trinajstić information content (AvgIpc) is 2.39. The van der Waals surface area contributed by atoms with E-state index in [0.717, 1.165) is 0 Å². The van der Waals surface area contributed by atoms with Crippen LogP contribution in [0.1, 0.15) is 23.7 Å². The van der Waals surface area contributed by atoms with E-state index in [1.54, 1.807) is 31.2 Å². The Morgan fingerprint density at radius 3 is 2.74 bits per heavy atom. The second-order valence-corrected chi connectivity index (χ2v) is 3.98. The number of aromatic nitrogens is 1. The van der Waals surface area contributed by atoms with E-state index in [2.05, 4.69) is 9.72 Å². The number of carbonyl (C=O) groups excluding carboxylic acids is 2. The lowest BCUT2D eigenvalue weighted by Crippen LogP contribution is -2.19. The molecular formula is C14H13NO4. The Balaban J connectivity index is 2.35. The number of ether oxygens (including phenoxy) is 1. The van der Waals surface area contributed by atoms with Gasteiger partial charge < -0.3 is 9.72 Å². The summed E-state index contributed by atoms with van der Waals surface area (Å²) in [5.41, 5.74) is 0.260. The fourth-order valence-electron chi connectivity index (χ4n) is 1.81. The zero-order valence-corrected chi connectivity index (χ0v) is 10.4. The minimum absolute atomic E-state index is 0.0215. The first-order chi connectivity index (χ1) is 9.13. The molecule has 0 radical (unpaired) electrons. The molecular weight excluding hydrogens is 246 g/mol. The van der Waals surface area contributed by atoms with Gasteiger partial charge in [0.25, 0.3) is 0 Å². The Kier molecular flexibility index (Phi) is 3.75. The second kappa shape index (κ2) is 5.48. The number of hydrogen-bond acceptors (Lipinski definition) is 4. The second-order valence-electron chi connectivity index (χ2n) is 3.98. The third-order valence-corrected chi connectivity index (χ3v) is 2.70. The number of carbonyl (C=O) groups is 2. The molecule has 0 bridgehead atoms. The van der Waals surface area contributed by atoms with Gasteiger partial charge in [-0.25, -0.2) is 0 Å². The molecule has 0 unspecified atom stereocenters. The molecule has 2 aromatic rings. The van der Waals surface area contributed by atoms with E-state index >= 15 is 0 Å². The summed E-state index contributed by atoms with van der Waals surface area (Å²) in [7, 11) is 0. The maximum absolute atomic E-state index is 12.1. The van der Waals surface area contributed by atoms with Crippen molar-refractivity contribution in [2.75, 3.05) is 6.61 Å². The van der Waals surface area contributed by atoms with Gasteiger partial charge in [0.05, 0.1) is 12.2 Å². The first-order valence-electron chi connectivity index (χ1n) is 5.92. The number of para-hydroxylation sites is 1. The predicted octanol–water partition coefficient (Wildman–Crippen LogP) is 1.66. The van der Waals surface area contributed by atoms with Crippen LogP contribution >= 0.6 is 0 Å². The van der Waals surface area contributed by atoms with E-state index in [1.807, 2.05) is 0 Å². The lowest BCUT2D eigenvalue weighted by atomic mass is 10.1. The molecule has 2 rings (SSSR count). The number of H-pyrrole nitrogens is 1. The number of benzene rings is 1. The van der Waals surface area contributed by atoms with Crippen LogP contribution in [0.3, 0.4) is 0 Å². The SMILES string of the molecule is CCOC(=O)CC(=O)c1c[nH]c2ccccc2c1=O. The Hall–Kier alpha value is -2.43. The topological polar surface area (TPSA) is 76.2 Å². The molecule has 1 N–H and O–H groups in total. The zero-order valence-electron chi connectivity index (χ0n) is 10.4. The molecule has 1 aromatic heterocycles. The summed E-state index contributed by atoms with van der Waals surface area (Å²) in [6.45, 7) is 1.87. The molecule has 1 aromatic carbocycles. The summed E-state index contributed by atoms with van der Waals surface area (Å²) < 4.78 is 4.69. The van der Waals surface area contributed by atoms with Crippen LogP contribution < -0.4 is 5.43 Å². The number of pyridine rings is 1. The fourth-order valence-corrected chi connectivity index (χ4v) is 1.81. The van der Waals surface area contributed by atoms with E-state index in [4.69, 9.17) is 0 Å². The van der Waals surface area contributed by atoms with Crippen molar-refractivity contribution in [2.45, 2.75) is 13.3 Å². The molecule has 0 saturated carbocycles. The van der Waals surface area contributed by atoms with E-state index in [1.165, 1.54) is 6.20 Å². The molecule has 0 fully saturated rings. The molecule has 0 spiro atoms. The maximum Gasteiger partial charge on any atom is 0.313 e. The third-order valence-electron chi connectivity index (χ3n) is 2.70. The molecule has 1 heterocycles. The summed E-state index contributed by atoms with van der Waals surface area (Å²) >= 11 is 0. The standard InChI is InChI=1S/C14H13NO4/c1-2-19-13(17)7-12(16)10-8-15-11-6-4-3-5-9(11)14(10)18/h3-6,8H,2,7H2,1H3,(H,15,18). The van der Waals surface area contributed by atoms with Gasteiger partial charge in [0.1, 0.15) is 6.42 Å². The van der Waals surface area contributed by atoms with Crippen LogP contribution in [-0.4, -0.2) is 23.3 Å². The highest BCUT2D eigenvalue weighted by molar-refractivity contribution is 6.07. The predicted molar refractivity (Wildman–Crippen MR) is 70.1 cm³/mol. The number of Topliss-reactive ketones (excluding diaryl/α,β-unsaturated/α-hetero) is 1. The van der Waals surface area contributed by atoms with Crippen LogP contribution in [-0.2, 0) is 9.53 Å². The molecule has 0 atom stereocenters. The molecule has 19 heavy (non-hydrogen) atoms. The van der Waals surface area contributed by atoms with Crippen molar-refractivity contribution in [2.24, 2.45) is 0 Å². The van der Waals surface area contributed by atoms with Gasteiger partial charge in [-0.15, -0.1) is 0 Å². The number of esters is 1. The third kappa shape index (κ3) is 2.70. The highest BCUT2D eigenvalue weighted by atomic mass is 16.5. The monoisotopic (exact) mass is 259 g/mol. The van der Waals surface area contributed by atoms with E-state index in [9.17, 15) is 14.4 Å². The van der Waals surface area contributed by atoms with E-state index in [-0.39, 0.29) is 17.6 Å². The Labute approximate surface area is 109 Å². The van der Waals surface area contributed by atoms with Crippen molar-refractivity contribution in [1.29, 1.82) is 0 Å². The Morgan fingerprint density at radius 2 is 2.00 bits per heavy atom. The zero-order chi connectivity index (χ0) is 13.8. The van der Waals surface area contributed by atoms with Crippen LogP contribution in [0.4, 0.5) is 0 Å². The smallest absolute Gasteiger partial charge is 0.313 e. The van der Waals surface area contributed by atoms with Gasteiger partial charge >= 0.3 is 5.97 Å². The van der Waals surface area contributed by atoms with Crippen molar-refractivity contribution in [3.05, 3.63) is 46.2 Å². The lowest BCUT2D eigenvalue weighted by molar-refractivity contribution is -0.141. The quantitative estimate of drug-likeness (QED) is 0.514. The maximum atomic E-state index is 12.1. The molecule has 0 aliphatic carbocycles. The van der Waals surface area contributed by atoms with Gasteiger partial charge in [0.2, 0.25) is 0 Å². The molecule has 98 valence electrons. The summed E-state index contributed by atoms with van der Waals surface area (Å²) in [4.78, 5) is 38.1. The van der Waals surface area contributed by atoms with Gasteiger partial charge in [-0.05, 0) is 19.1 Å². The molecule has 0 amide bonds. The van der Waals surface area contributed by atoms with Crippen LogP contribution in [0.5, 0.6) is 0 Å². The minimum Gasteiger partial charge on any atom is -0.466 e. The van der Waals surface area contributed by atoms with E-state index in [0.29, 0.717) is 10.9 Å². The molecule has 0 aliphatic heterocycles. The highest BCUT2D eigenvalue weighted by Gasteiger charge is 2.16. The first kappa shape index (κ1) is 13.0. The summed E-state index contributed by atoms with van der Waals surface area (Å²) in [5.74, 6) is -1.16. The molecule has 5 heteroatoms. The largest absolute Gasteiger partial charge is 0.466 e. The molecule has 0 saturated heterocycles. The Bertz CT molecular complexity index is 687. The van der Waals surface area contributed by atoms with Gasteiger partial charge in [-0.2, -0.15) is 0 Å². The number of aromatic amines is 1. The van der Waals surface area contributed by atoms with Crippen LogP contribution in [0, 0.1) is 0 Å². The normalized spacial score (nSPS) is 10.4. The van der Waals surface area contributed by atoms with Gasteiger partial charge in [-0.1, -0.05) is 12.1 Å². The Morgan fingerprint density at radius 1 is 1.26 bits per heavy atom. The number of rotatable bonds is 4. The van der Waals surface area contributed by atoms with Gasteiger partial charge in [0.15, 0.2) is 11.2 Å². The fraction of sp³-hybridized carbons (Fsp3) is 0.214. The summed E-state index contributed by atoms with van der Waals surface area (Å²) in [6, 6.07) is 6.89. The highest BCUT2D eigenvalue weighted by Crippen LogP contribution is 2.08. The summed E-state index contributed by atoms with van der Waals surface area (Å²) in [5, 5.41) is 0.428. The van der Waals surface area contributed by atoms with Crippen molar-refractivity contribution in [1.82, 2.24) is 4.98 Å². The molecule has 0 aliphatic rings. The van der Waals surface area contributed by atoms with Crippen molar-refractivity contribution >= 4 is 22.7 Å². The number of hydrogen-bond donors (Lipinski definition) is 1. The number of ketones is 1. The van der Waals surface area contributed by atoms with E-state index < -0.39 is 18.2 Å². The minimum atomic E-state index is -0.625. The van der Waals surface area contributed by atoms with Crippen LogP contribution in [0.2, 0.25) is 0 Å². The van der Waals surface area contributed by atoms with Crippen LogP contribution in [0.15, 0.2) is 35.3 Å². The lowest BCUT2D eigenvalue weighted by Gasteiger charge is -2.03. The van der Waals surface area contributed by atoms with Crippen molar-refractivity contribution < 1.29 is 14.3 Å². The van der Waals surface area contributed by atoms with Crippen molar-refractivity contribution in [3.8, 4) is 0 Å². The first-order valence-corrected chi connectivity index (χ1v) is 5.92. The number of fused-ring (bicyclic) bond motifs is 1. The van der Waals surface area contributed by atoms with Gasteiger partial charge in [-0.3, -0.25) is 14.4 Å². The van der Waals surface area contributed by atoms with Gasteiger partial charge in [0, 0.05) is 17.1 Å². The van der Waals surface area contributed by atoms with Crippen LogP contribution in [0.25, 0.3) is 10.9 Å². The van der Waals surface area contributed by atoms with Crippen molar-refractivity contribution in [3.63, 3.8) is 0 Å². The summed E-state index contributed by atoms with van der Waals surface area (Å²) in [6.07, 6.45) is 0.918.